The van der Waals surface area contributed by atoms with E-state index in [9.17, 15) is 13.2 Å². The second kappa shape index (κ2) is 11.5. The number of sulfone groups is 1. The smallest absolute Gasteiger partial charge is 0.241 e. The first-order valence-corrected chi connectivity index (χ1v) is 11.8. The van der Waals surface area contributed by atoms with E-state index in [1.54, 1.807) is 0 Å². The second-order valence-electron chi connectivity index (χ2n) is 7.83. The highest BCUT2D eigenvalue weighted by Gasteiger charge is 2.48. The number of likely N-dealkylation sites (tertiary alicyclic amines) is 1. The van der Waals surface area contributed by atoms with Crippen LogP contribution in [0.5, 0.6) is 0 Å². The average Bonchev–Trinajstić information content (AvgIpc) is 2.67. The minimum absolute atomic E-state index is 0. The SMILES string of the molecule is CS(=O)(=O)C1(C(=O)NCC2CCCCN2Cc2ccccc2)CCNCC1.Cl.Cl. The molecule has 3 rings (SSSR count). The molecule has 6 nitrogen and oxygen atoms in total. The summed E-state index contributed by atoms with van der Waals surface area (Å²) in [7, 11) is -3.47. The van der Waals surface area contributed by atoms with E-state index in [1.165, 1.54) is 11.8 Å². The summed E-state index contributed by atoms with van der Waals surface area (Å²) in [5.74, 6) is -0.322. The molecule has 0 aliphatic carbocycles. The Morgan fingerprint density at radius 2 is 1.83 bits per heavy atom. The van der Waals surface area contributed by atoms with Crippen LogP contribution < -0.4 is 10.6 Å². The quantitative estimate of drug-likeness (QED) is 0.672. The van der Waals surface area contributed by atoms with Gasteiger partial charge in [-0.05, 0) is 50.9 Å². The zero-order chi connectivity index (χ0) is 19.3. The second-order valence-corrected chi connectivity index (χ2v) is 10.2. The van der Waals surface area contributed by atoms with Crippen molar-refractivity contribution in [2.75, 3.05) is 32.4 Å². The maximum absolute atomic E-state index is 12.9. The van der Waals surface area contributed by atoms with Gasteiger partial charge in [0, 0.05) is 25.4 Å². The number of carbonyl (C=O) groups is 1. The Labute approximate surface area is 186 Å². The molecule has 0 aromatic heterocycles. The molecule has 2 fully saturated rings. The van der Waals surface area contributed by atoms with E-state index in [-0.39, 0.29) is 36.8 Å². The number of nitrogens with one attached hydrogen (secondary N) is 2. The number of rotatable bonds is 6. The molecule has 1 unspecified atom stereocenters. The average molecular weight is 466 g/mol. The fraction of sp³-hybridized carbons (Fsp3) is 0.650. The van der Waals surface area contributed by atoms with Gasteiger partial charge in [-0.1, -0.05) is 36.8 Å². The molecule has 166 valence electrons. The first-order valence-electron chi connectivity index (χ1n) is 9.89. The van der Waals surface area contributed by atoms with Crippen LogP contribution in [0.4, 0.5) is 0 Å². The minimum atomic E-state index is -3.47. The molecule has 2 heterocycles. The highest BCUT2D eigenvalue weighted by molar-refractivity contribution is 7.92. The van der Waals surface area contributed by atoms with Crippen LogP contribution in [0.3, 0.4) is 0 Å². The van der Waals surface area contributed by atoms with Gasteiger partial charge in [-0.25, -0.2) is 8.42 Å². The normalized spacial score (nSPS) is 22.0. The molecule has 0 bridgehead atoms. The maximum Gasteiger partial charge on any atom is 0.241 e. The van der Waals surface area contributed by atoms with Crippen molar-refractivity contribution in [3.63, 3.8) is 0 Å². The van der Waals surface area contributed by atoms with E-state index in [1.807, 2.05) is 18.2 Å². The van der Waals surface area contributed by atoms with Gasteiger partial charge in [0.15, 0.2) is 14.6 Å². The Hall–Kier alpha value is -0.860. The van der Waals surface area contributed by atoms with Gasteiger partial charge >= 0.3 is 0 Å². The van der Waals surface area contributed by atoms with Gasteiger partial charge in [-0.15, -0.1) is 24.8 Å². The maximum atomic E-state index is 12.9. The molecule has 2 saturated heterocycles. The molecule has 0 radical (unpaired) electrons. The van der Waals surface area contributed by atoms with Crippen molar-refractivity contribution in [2.45, 2.75) is 49.4 Å². The third kappa shape index (κ3) is 6.31. The van der Waals surface area contributed by atoms with E-state index in [0.717, 1.165) is 32.4 Å². The number of amides is 1. The molecular weight excluding hydrogens is 433 g/mol. The van der Waals surface area contributed by atoms with Crippen LogP contribution >= 0.6 is 24.8 Å². The topological polar surface area (TPSA) is 78.5 Å². The van der Waals surface area contributed by atoms with Crippen molar-refractivity contribution in [3.8, 4) is 0 Å². The van der Waals surface area contributed by atoms with E-state index in [2.05, 4.69) is 27.7 Å². The van der Waals surface area contributed by atoms with Crippen LogP contribution in [0.1, 0.15) is 37.7 Å². The number of carbonyl (C=O) groups excluding carboxylic acids is 1. The van der Waals surface area contributed by atoms with Crippen molar-refractivity contribution in [3.05, 3.63) is 35.9 Å². The van der Waals surface area contributed by atoms with Crippen LogP contribution in [0.2, 0.25) is 0 Å². The Morgan fingerprint density at radius 1 is 1.17 bits per heavy atom. The van der Waals surface area contributed by atoms with Gasteiger partial charge < -0.3 is 10.6 Å². The predicted octanol–water partition coefficient (Wildman–Crippen LogP) is 2.17. The number of nitrogens with zero attached hydrogens (tertiary/aromatic N) is 1. The summed E-state index contributed by atoms with van der Waals surface area (Å²) in [6.45, 7) is 3.50. The number of hydrogen-bond acceptors (Lipinski definition) is 5. The highest BCUT2D eigenvalue weighted by Crippen LogP contribution is 2.28. The fourth-order valence-electron chi connectivity index (χ4n) is 4.29. The van der Waals surface area contributed by atoms with Gasteiger partial charge in [0.05, 0.1) is 0 Å². The van der Waals surface area contributed by atoms with E-state index in [0.29, 0.717) is 32.5 Å². The van der Waals surface area contributed by atoms with Crippen LogP contribution in [-0.4, -0.2) is 62.4 Å². The number of hydrogen-bond donors (Lipinski definition) is 2. The fourth-order valence-corrected chi connectivity index (χ4v) is 5.64. The van der Waals surface area contributed by atoms with Gasteiger partial charge in [0.25, 0.3) is 0 Å². The van der Waals surface area contributed by atoms with Gasteiger partial charge in [-0.2, -0.15) is 0 Å². The van der Waals surface area contributed by atoms with E-state index >= 15 is 0 Å². The molecule has 2 aliphatic heterocycles. The Bertz CT molecular complexity index is 741. The van der Waals surface area contributed by atoms with Gasteiger partial charge in [0.1, 0.15) is 0 Å². The molecule has 1 aromatic carbocycles. The summed E-state index contributed by atoms with van der Waals surface area (Å²) in [5.41, 5.74) is 1.27. The first-order chi connectivity index (χ1) is 12.9. The van der Waals surface area contributed by atoms with Crippen molar-refractivity contribution in [1.82, 2.24) is 15.5 Å². The third-order valence-corrected chi connectivity index (χ3v) is 8.02. The standard InChI is InChI=1S/C20H31N3O3S.2ClH/c1-27(25,26)20(10-12-21-13-11-20)19(24)22-15-18-9-5-6-14-23(18)16-17-7-3-2-4-8-17;;/h2-4,7-8,18,21H,5-6,9-16H2,1H3,(H,22,24);2*1H. The summed E-state index contributed by atoms with van der Waals surface area (Å²) in [5, 5.41) is 6.15. The summed E-state index contributed by atoms with van der Waals surface area (Å²) < 4.78 is 23.5. The van der Waals surface area contributed by atoms with Crippen LogP contribution in [0.25, 0.3) is 0 Å². The molecule has 2 N–H and O–H groups in total. The van der Waals surface area contributed by atoms with Gasteiger partial charge in [0.2, 0.25) is 5.91 Å². The molecule has 1 amide bonds. The van der Waals surface area contributed by atoms with Crippen LogP contribution in [0, 0.1) is 0 Å². The number of piperidine rings is 2. The lowest BCUT2D eigenvalue weighted by atomic mass is 9.95. The summed E-state index contributed by atoms with van der Waals surface area (Å²) in [6, 6.07) is 10.6. The predicted molar refractivity (Wildman–Crippen MR) is 122 cm³/mol. The van der Waals surface area contributed by atoms with Crippen molar-refractivity contribution < 1.29 is 13.2 Å². The molecule has 0 spiro atoms. The lowest BCUT2D eigenvalue weighted by Crippen LogP contribution is -2.59. The lowest BCUT2D eigenvalue weighted by molar-refractivity contribution is -0.124. The van der Waals surface area contributed by atoms with E-state index < -0.39 is 14.6 Å². The van der Waals surface area contributed by atoms with Gasteiger partial charge in [-0.3, -0.25) is 9.69 Å². The first kappa shape index (κ1) is 26.2. The zero-order valence-electron chi connectivity index (χ0n) is 16.9. The molecule has 29 heavy (non-hydrogen) atoms. The highest BCUT2D eigenvalue weighted by atomic mass is 35.5. The van der Waals surface area contributed by atoms with E-state index in [4.69, 9.17) is 0 Å². The largest absolute Gasteiger partial charge is 0.353 e. The molecule has 2 aliphatic rings. The Morgan fingerprint density at radius 3 is 2.45 bits per heavy atom. The molecular formula is C20H33Cl2N3O3S. The molecule has 1 atom stereocenters. The van der Waals surface area contributed by atoms with Crippen molar-refractivity contribution >= 4 is 40.6 Å². The summed E-state index contributed by atoms with van der Waals surface area (Å²) in [4.78, 5) is 15.3. The number of halogens is 2. The molecule has 0 saturated carbocycles. The van der Waals surface area contributed by atoms with Crippen molar-refractivity contribution in [2.24, 2.45) is 0 Å². The summed E-state index contributed by atoms with van der Waals surface area (Å²) >= 11 is 0. The monoisotopic (exact) mass is 465 g/mol. The van der Waals surface area contributed by atoms with Crippen molar-refractivity contribution in [1.29, 1.82) is 0 Å². The van der Waals surface area contributed by atoms with Crippen LogP contribution in [0.15, 0.2) is 30.3 Å². The zero-order valence-corrected chi connectivity index (χ0v) is 19.4. The lowest BCUT2D eigenvalue weighted by Gasteiger charge is -2.38. The number of benzene rings is 1. The molecule has 9 heteroatoms. The summed E-state index contributed by atoms with van der Waals surface area (Å²) in [6.07, 6.45) is 5.22. The third-order valence-electron chi connectivity index (χ3n) is 6.01. The Kier molecular flexibility index (Phi) is 10.4. The molecule has 1 aromatic rings. The minimum Gasteiger partial charge on any atom is -0.353 e. The van der Waals surface area contributed by atoms with Crippen LogP contribution in [-0.2, 0) is 21.2 Å². The Balaban J connectivity index is 0.00000210.